The Morgan fingerprint density at radius 2 is 1.37 bits per heavy atom. The summed E-state index contributed by atoms with van der Waals surface area (Å²) < 4.78 is 29.8. The van der Waals surface area contributed by atoms with Gasteiger partial charge in [-0.25, -0.2) is 17.8 Å². The Labute approximate surface area is 176 Å². The third-order valence-electron chi connectivity index (χ3n) is 4.79. The number of carbonyl (C=O) groups excluding carboxylic acids is 1. The Morgan fingerprint density at radius 3 is 1.70 bits per heavy atom. The molecule has 30 heavy (non-hydrogen) atoms. The summed E-state index contributed by atoms with van der Waals surface area (Å²) >= 11 is 0. The van der Waals surface area contributed by atoms with Crippen LogP contribution in [0.5, 0.6) is 0 Å². The zero-order valence-electron chi connectivity index (χ0n) is 17.8. The average Bonchev–Trinajstić information content (AvgIpc) is 3.34. The number of nitrogens with zero attached hydrogens (tertiary/aromatic N) is 7. The van der Waals surface area contributed by atoms with Gasteiger partial charge in [0.1, 0.15) is 11.4 Å². The fourth-order valence-electron chi connectivity index (χ4n) is 2.96. The van der Waals surface area contributed by atoms with E-state index >= 15 is 0 Å². The summed E-state index contributed by atoms with van der Waals surface area (Å²) in [5.74, 6) is -0.273. The molecule has 0 aromatic carbocycles. The van der Waals surface area contributed by atoms with Crippen LogP contribution in [0.15, 0.2) is 23.5 Å². The van der Waals surface area contributed by atoms with E-state index in [9.17, 15) is 13.2 Å². The van der Waals surface area contributed by atoms with Gasteiger partial charge in [0, 0.05) is 36.3 Å². The van der Waals surface area contributed by atoms with Crippen LogP contribution in [0.4, 0.5) is 0 Å². The van der Waals surface area contributed by atoms with Crippen LogP contribution in [0.1, 0.15) is 58.1 Å². The molecule has 162 valence electrons. The van der Waals surface area contributed by atoms with E-state index in [1.54, 1.807) is 40.8 Å². The molecule has 0 bridgehead atoms. The first kappa shape index (κ1) is 22.0. The molecule has 0 atom stereocenters. The summed E-state index contributed by atoms with van der Waals surface area (Å²) in [7, 11) is -3.49. The number of aromatic nitrogens is 6. The van der Waals surface area contributed by atoms with Gasteiger partial charge in [0.15, 0.2) is 5.78 Å². The topological polar surface area (TPSA) is 116 Å². The first-order valence-electron chi connectivity index (χ1n) is 9.88. The minimum Gasteiger partial charge on any atom is -0.289 e. The van der Waals surface area contributed by atoms with Crippen LogP contribution in [0.25, 0.3) is 12.2 Å². The number of carbonyl (C=O) groups is 1. The molecule has 1 aliphatic rings. The zero-order valence-corrected chi connectivity index (χ0v) is 18.7. The number of hydrogen-bond donors (Lipinski definition) is 0. The maximum atomic E-state index is 13.1. The van der Waals surface area contributed by atoms with Crippen molar-refractivity contribution in [2.75, 3.05) is 18.8 Å². The molecule has 3 heterocycles. The van der Waals surface area contributed by atoms with Crippen molar-refractivity contribution >= 4 is 28.0 Å². The van der Waals surface area contributed by atoms with Gasteiger partial charge in [0.05, 0.1) is 18.1 Å². The van der Waals surface area contributed by atoms with Crippen molar-refractivity contribution in [2.45, 2.75) is 46.7 Å². The van der Waals surface area contributed by atoms with E-state index in [0.29, 0.717) is 22.5 Å². The van der Waals surface area contributed by atoms with Crippen LogP contribution >= 0.6 is 0 Å². The van der Waals surface area contributed by atoms with Gasteiger partial charge in [0.25, 0.3) is 0 Å². The Morgan fingerprint density at radius 1 is 0.933 bits per heavy atom. The molecule has 3 rings (SSSR count). The predicted molar refractivity (Wildman–Crippen MR) is 113 cm³/mol. The lowest BCUT2D eigenvalue weighted by Gasteiger charge is -2.28. The van der Waals surface area contributed by atoms with Crippen molar-refractivity contribution in [3.63, 3.8) is 0 Å². The first-order chi connectivity index (χ1) is 14.1. The zero-order chi connectivity index (χ0) is 22.1. The van der Waals surface area contributed by atoms with Crippen molar-refractivity contribution in [2.24, 2.45) is 0 Å². The van der Waals surface area contributed by atoms with Gasteiger partial charge in [-0.1, -0.05) is 10.4 Å². The second-order valence-corrected chi connectivity index (χ2v) is 10.0. The number of sulfonamides is 1. The molecule has 0 amide bonds. The lowest BCUT2D eigenvalue weighted by atomic mass is 9.97. The highest BCUT2D eigenvalue weighted by atomic mass is 32.2. The lowest BCUT2D eigenvalue weighted by Crippen LogP contribution is -2.42. The maximum Gasteiger partial charge on any atom is 0.214 e. The molecule has 2 aromatic heterocycles. The van der Waals surface area contributed by atoms with Crippen molar-refractivity contribution in [1.29, 1.82) is 0 Å². The van der Waals surface area contributed by atoms with E-state index in [1.807, 2.05) is 27.7 Å². The van der Waals surface area contributed by atoms with Crippen molar-refractivity contribution in [3.05, 3.63) is 34.9 Å². The van der Waals surface area contributed by atoms with Crippen LogP contribution in [0.2, 0.25) is 0 Å². The minimum absolute atomic E-state index is 0.000427. The van der Waals surface area contributed by atoms with Gasteiger partial charge in [-0.2, -0.15) is 4.31 Å². The monoisotopic (exact) mass is 433 g/mol. The molecule has 0 aliphatic carbocycles. The van der Waals surface area contributed by atoms with Crippen LogP contribution < -0.4 is 0 Å². The summed E-state index contributed by atoms with van der Waals surface area (Å²) in [6, 6.07) is 0.255. The maximum absolute atomic E-state index is 13.1. The summed E-state index contributed by atoms with van der Waals surface area (Å²) in [6.07, 6.45) is 6.67. The van der Waals surface area contributed by atoms with Crippen molar-refractivity contribution in [3.8, 4) is 0 Å². The highest BCUT2D eigenvalue weighted by molar-refractivity contribution is 7.89. The van der Waals surface area contributed by atoms with Gasteiger partial charge in [-0.15, -0.1) is 10.2 Å². The molecule has 1 fully saturated rings. The summed E-state index contributed by atoms with van der Waals surface area (Å²) in [5.41, 5.74) is 1.70. The number of rotatable bonds is 6. The quantitative estimate of drug-likeness (QED) is 0.637. The molecule has 1 aliphatic heterocycles. The standard InChI is InChI=1S/C19H27N7O3S/c1-6-30(28,29)24-9-15(7-17-11-25(13(2)3)22-20-17)19(27)16(10-24)8-18-12-26(14(4)5)23-21-18/h7-8,11-14H,6,9-10H2,1-5H3. The molecular weight excluding hydrogens is 406 g/mol. The normalized spacial score (nSPS) is 19.0. The SMILES string of the molecule is CCS(=O)(=O)N1CC(=Cc2cn(C(C)C)nn2)C(=O)C(=Cc2cn(C(C)C)nn2)C1. The highest BCUT2D eigenvalue weighted by Gasteiger charge is 2.32. The average molecular weight is 434 g/mol. The van der Waals surface area contributed by atoms with Crippen LogP contribution in [-0.4, -0.2) is 67.3 Å². The fraction of sp³-hybridized carbons (Fsp3) is 0.526. The number of hydrogen-bond acceptors (Lipinski definition) is 7. The van der Waals surface area contributed by atoms with Crippen LogP contribution in [0, 0.1) is 0 Å². The van der Waals surface area contributed by atoms with E-state index in [1.165, 1.54) is 4.31 Å². The summed E-state index contributed by atoms with van der Waals surface area (Å²) in [6.45, 7) is 9.46. The fourth-order valence-corrected chi connectivity index (χ4v) is 4.00. The molecule has 0 radical (unpaired) electrons. The van der Waals surface area contributed by atoms with Crippen molar-refractivity contribution in [1.82, 2.24) is 34.3 Å². The predicted octanol–water partition coefficient (Wildman–Crippen LogP) is 1.73. The van der Waals surface area contributed by atoms with Gasteiger partial charge < -0.3 is 0 Å². The first-order valence-corrected chi connectivity index (χ1v) is 11.5. The Bertz CT molecular complexity index is 1020. The van der Waals surface area contributed by atoms with Gasteiger partial charge >= 0.3 is 0 Å². The highest BCUT2D eigenvalue weighted by Crippen LogP contribution is 2.24. The molecular formula is C19H27N7O3S. The summed E-state index contributed by atoms with van der Waals surface area (Å²) in [5, 5.41) is 16.2. The third kappa shape index (κ3) is 4.73. The molecule has 10 nitrogen and oxygen atoms in total. The second-order valence-electron chi connectivity index (χ2n) is 7.77. The smallest absolute Gasteiger partial charge is 0.214 e. The second kappa shape index (κ2) is 8.60. The van der Waals surface area contributed by atoms with Crippen molar-refractivity contribution < 1.29 is 13.2 Å². The largest absolute Gasteiger partial charge is 0.289 e. The summed E-state index contributed by atoms with van der Waals surface area (Å²) in [4.78, 5) is 13.1. The Kier molecular flexibility index (Phi) is 6.32. The van der Waals surface area contributed by atoms with E-state index in [2.05, 4.69) is 20.6 Å². The van der Waals surface area contributed by atoms with Crippen LogP contribution in [0.3, 0.4) is 0 Å². The van der Waals surface area contributed by atoms with Gasteiger partial charge in [-0.05, 0) is 46.8 Å². The molecule has 11 heteroatoms. The van der Waals surface area contributed by atoms with E-state index in [4.69, 9.17) is 0 Å². The Balaban J connectivity index is 2.00. The van der Waals surface area contributed by atoms with E-state index in [-0.39, 0.29) is 36.7 Å². The van der Waals surface area contributed by atoms with Gasteiger partial charge in [0.2, 0.25) is 10.0 Å². The van der Waals surface area contributed by atoms with Gasteiger partial charge in [-0.3, -0.25) is 4.79 Å². The molecule has 1 saturated heterocycles. The number of ketones is 1. The molecule has 2 aromatic rings. The van der Waals surface area contributed by atoms with E-state index < -0.39 is 10.0 Å². The van der Waals surface area contributed by atoms with Crippen LogP contribution in [-0.2, 0) is 14.8 Å². The van der Waals surface area contributed by atoms with E-state index in [0.717, 1.165) is 0 Å². The minimum atomic E-state index is -3.49. The molecule has 0 unspecified atom stereocenters. The number of piperidine rings is 1. The number of Topliss-reactive ketones (excluding diaryl/α,β-unsaturated/α-hetero) is 1. The molecule has 0 N–H and O–H groups in total. The lowest BCUT2D eigenvalue weighted by molar-refractivity contribution is -0.113. The molecule has 0 saturated carbocycles. The molecule has 0 spiro atoms. The Hall–Kier alpha value is -2.66. The third-order valence-corrected chi connectivity index (χ3v) is 6.57.